The van der Waals surface area contributed by atoms with E-state index in [1.54, 1.807) is 24.3 Å². The standard InChI is InChI=1S/C15H24N2O3/c1-10(17-15(3,4)9-18)14(20)12-5-7-13(8-6-12)16-11(2)19/h5-8,10,14,17-18,20H,9H2,1-4H3,(H,16,19). The summed E-state index contributed by atoms with van der Waals surface area (Å²) in [6, 6.07) is 6.86. The Kier molecular flexibility index (Phi) is 5.68. The third-order valence-electron chi connectivity index (χ3n) is 3.06. The summed E-state index contributed by atoms with van der Waals surface area (Å²) in [5, 5.41) is 25.4. The number of hydrogen-bond donors (Lipinski definition) is 4. The Balaban J connectivity index is 2.71. The van der Waals surface area contributed by atoms with Crippen LogP contribution in [-0.2, 0) is 4.79 Å². The average Bonchev–Trinajstić information content (AvgIpc) is 2.37. The van der Waals surface area contributed by atoms with Crippen molar-refractivity contribution in [3.05, 3.63) is 29.8 Å². The lowest BCUT2D eigenvalue weighted by Gasteiger charge is -2.31. The van der Waals surface area contributed by atoms with E-state index < -0.39 is 11.6 Å². The third-order valence-corrected chi connectivity index (χ3v) is 3.06. The number of carbonyl (C=O) groups is 1. The topological polar surface area (TPSA) is 81.6 Å². The second kappa shape index (κ2) is 6.83. The average molecular weight is 280 g/mol. The number of hydrogen-bond acceptors (Lipinski definition) is 4. The van der Waals surface area contributed by atoms with Gasteiger partial charge in [-0.15, -0.1) is 0 Å². The fourth-order valence-corrected chi connectivity index (χ4v) is 2.00. The molecule has 0 spiro atoms. The highest BCUT2D eigenvalue weighted by atomic mass is 16.3. The van der Waals surface area contributed by atoms with Gasteiger partial charge < -0.3 is 20.8 Å². The van der Waals surface area contributed by atoms with Gasteiger partial charge in [-0.1, -0.05) is 12.1 Å². The Labute approximate surface area is 120 Å². The molecule has 4 N–H and O–H groups in total. The van der Waals surface area contributed by atoms with E-state index in [0.29, 0.717) is 5.69 Å². The summed E-state index contributed by atoms with van der Waals surface area (Å²) in [6.07, 6.45) is -0.688. The normalized spacial score (nSPS) is 14.7. The molecule has 112 valence electrons. The van der Waals surface area contributed by atoms with Crippen LogP contribution in [0.2, 0.25) is 0 Å². The van der Waals surface area contributed by atoms with Crippen molar-refractivity contribution in [2.75, 3.05) is 11.9 Å². The van der Waals surface area contributed by atoms with Crippen LogP contribution in [0.1, 0.15) is 39.4 Å². The number of carbonyl (C=O) groups excluding carboxylic acids is 1. The molecule has 5 nitrogen and oxygen atoms in total. The molecule has 0 radical (unpaired) electrons. The van der Waals surface area contributed by atoms with E-state index in [1.807, 2.05) is 20.8 Å². The Morgan fingerprint density at radius 1 is 1.30 bits per heavy atom. The minimum absolute atomic E-state index is 0.00840. The molecular formula is C15H24N2O3. The maximum absolute atomic E-state index is 10.9. The van der Waals surface area contributed by atoms with Gasteiger partial charge in [-0.2, -0.15) is 0 Å². The molecule has 0 aliphatic rings. The molecule has 0 saturated heterocycles. The molecule has 0 fully saturated rings. The van der Waals surface area contributed by atoms with Crippen LogP contribution in [0.5, 0.6) is 0 Å². The van der Waals surface area contributed by atoms with Crippen molar-refractivity contribution < 1.29 is 15.0 Å². The highest BCUT2D eigenvalue weighted by Crippen LogP contribution is 2.20. The monoisotopic (exact) mass is 280 g/mol. The summed E-state index contributed by atoms with van der Waals surface area (Å²) in [5.74, 6) is -0.127. The van der Waals surface area contributed by atoms with Gasteiger partial charge in [-0.3, -0.25) is 4.79 Å². The summed E-state index contributed by atoms with van der Waals surface area (Å²) in [4.78, 5) is 10.9. The molecule has 0 aliphatic carbocycles. The summed E-state index contributed by atoms with van der Waals surface area (Å²) in [5.41, 5.74) is 1.01. The van der Waals surface area contributed by atoms with Gasteiger partial charge in [-0.05, 0) is 38.5 Å². The molecule has 0 aromatic heterocycles. The Hall–Kier alpha value is -1.43. The van der Waals surface area contributed by atoms with Crippen molar-refractivity contribution in [3.63, 3.8) is 0 Å². The van der Waals surface area contributed by atoms with E-state index in [2.05, 4.69) is 10.6 Å². The molecule has 1 rings (SSSR count). The van der Waals surface area contributed by atoms with Gasteiger partial charge >= 0.3 is 0 Å². The number of nitrogens with one attached hydrogen (secondary N) is 2. The molecule has 1 aromatic carbocycles. The van der Waals surface area contributed by atoms with Crippen LogP contribution >= 0.6 is 0 Å². The first-order chi connectivity index (χ1) is 9.25. The molecule has 2 atom stereocenters. The molecule has 0 aliphatic heterocycles. The van der Waals surface area contributed by atoms with Crippen molar-refractivity contribution in [1.82, 2.24) is 5.32 Å². The van der Waals surface area contributed by atoms with Crippen LogP contribution in [0.3, 0.4) is 0 Å². The predicted octanol–water partition coefficient (Wildman–Crippen LogP) is 1.43. The summed E-state index contributed by atoms with van der Waals surface area (Å²) in [7, 11) is 0. The zero-order chi connectivity index (χ0) is 15.3. The van der Waals surface area contributed by atoms with Gasteiger partial charge in [0, 0.05) is 24.2 Å². The smallest absolute Gasteiger partial charge is 0.221 e. The molecule has 5 heteroatoms. The molecule has 0 heterocycles. The van der Waals surface area contributed by atoms with Crippen molar-refractivity contribution in [2.24, 2.45) is 0 Å². The number of rotatable bonds is 6. The summed E-state index contributed by atoms with van der Waals surface area (Å²) < 4.78 is 0. The fraction of sp³-hybridized carbons (Fsp3) is 0.533. The van der Waals surface area contributed by atoms with Crippen LogP contribution in [0, 0.1) is 0 Å². The zero-order valence-electron chi connectivity index (χ0n) is 12.5. The first kappa shape index (κ1) is 16.6. The molecule has 20 heavy (non-hydrogen) atoms. The highest BCUT2D eigenvalue weighted by molar-refractivity contribution is 5.88. The fourth-order valence-electron chi connectivity index (χ4n) is 2.00. The second-order valence-electron chi connectivity index (χ2n) is 5.72. The van der Waals surface area contributed by atoms with Crippen LogP contribution < -0.4 is 10.6 Å². The van der Waals surface area contributed by atoms with Crippen molar-refractivity contribution in [3.8, 4) is 0 Å². The van der Waals surface area contributed by atoms with Crippen molar-refractivity contribution >= 4 is 11.6 Å². The quantitative estimate of drug-likeness (QED) is 0.635. The van der Waals surface area contributed by atoms with E-state index in [1.165, 1.54) is 6.92 Å². The first-order valence-electron chi connectivity index (χ1n) is 6.69. The molecule has 1 amide bonds. The second-order valence-corrected chi connectivity index (χ2v) is 5.72. The van der Waals surface area contributed by atoms with E-state index in [9.17, 15) is 15.0 Å². The Morgan fingerprint density at radius 2 is 1.85 bits per heavy atom. The van der Waals surface area contributed by atoms with Gasteiger partial charge in [0.25, 0.3) is 0 Å². The number of aliphatic hydroxyl groups is 2. The van der Waals surface area contributed by atoms with Crippen molar-refractivity contribution in [1.29, 1.82) is 0 Å². The lowest BCUT2D eigenvalue weighted by molar-refractivity contribution is -0.114. The van der Waals surface area contributed by atoms with Gasteiger partial charge in [0.2, 0.25) is 5.91 Å². The molecule has 2 unspecified atom stereocenters. The third kappa shape index (κ3) is 4.92. The highest BCUT2D eigenvalue weighted by Gasteiger charge is 2.24. The maximum atomic E-state index is 10.9. The Bertz CT molecular complexity index is 443. The number of amides is 1. The van der Waals surface area contributed by atoms with E-state index in [0.717, 1.165) is 5.56 Å². The molecule has 0 bridgehead atoms. The minimum Gasteiger partial charge on any atom is -0.394 e. The van der Waals surface area contributed by atoms with E-state index in [-0.39, 0.29) is 18.6 Å². The zero-order valence-corrected chi connectivity index (χ0v) is 12.5. The van der Waals surface area contributed by atoms with Crippen LogP contribution in [0.4, 0.5) is 5.69 Å². The van der Waals surface area contributed by atoms with Crippen LogP contribution in [0.15, 0.2) is 24.3 Å². The maximum Gasteiger partial charge on any atom is 0.221 e. The van der Waals surface area contributed by atoms with Crippen LogP contribution in [0.25, 0.3) is 0 Å². The SMILES string of the molecule is CC(=O)Nc1ccc(C(O)C(C)NC(C)(C)CO)cc1. The largest absolute Gasteiger partial charge is 0.394 e. The lowest BCUT2D eigenvalue weighted by Crippen LogP contribution is -2.49. The first-order valence-corrected chi connectivity index (χ1v) is 6.69. The van der Waals surface area contributed by atoms with Crippen LogP contribution in [-0.4, -0.2) is 34.3 Å². The molecule has 1 aromatic rings. The van der Waals surface area contributed by atoms with Gasteiger partial charge in [0.15, 0.2) is 0 Å². The Morgan fingerprint density at radius 3 is 2.30 bits per heavy atom. The predicted molar refractivity (Wildman–Crippen MR) is 79.5 cm³/mol. The number of aliphatic hydroxyl groups excluding tert-OH is 2. The minimum atomic E-state index is -0.688. The van der Waals surface area contributed by atoms with E-state index in [4.69, 9.17) is 0 Å². The number of benzene rings is 1. The van der Waals surface area contributed by atoms with E-state index >= 15 is 0 Å². The van der Waals surface area contributed by atoms with Crippen molar-refractivity contribution in [2.45, 2.75) is 45.4 Å². The summed E-state index contributed by atoms with van der Waals surface area (Å²) >= 11 is 0. The molecule has 0 saturated carbocycles. The van der Waals surface area contributed by atoms with Gasteiger partial charge in [-0.25, -0.2) is 0 Å². The molecular weight excluding hydrogens is 256 g/mol. The number of anilines is 1. The summed E-state index contributed by atoms with van der Waals surface area (Å²) in [6.45, 7) is 7.05. The van der Waals surface area contributed by atoms with Gasteiger partial charge in [0.05, 0.1) is 12.7 Å². The lowest BCUT2D eigenvalue weighted by atomic mass is 9.99. The van der Waals surface area contributed by atoms with Gasteiger partial charge in [0.1, 0.15) is 0 Å².